The van der Waals surface area contributed by atoms with Gasteiger partial charge in [-0.3, -0.25) is 9.69 Å². The number of hydrogen-bond donors (Lipinski definition) is 1. The van der Waals surface area contributed by atoms with Gasteiger partial charge >= 0.3 is 5.97 Å². The Kier molecular flexibility index (Phi) is 9.74. The number of rotatable bonds is 11. The monoisotopic (exact) mass is 682 g/mol. The molecular weight excluding hydrogens is 641 g/mol. The van der Waals surface area contributed by atoms with Crippen LogP contribution in [-0.2, 0) is 36.4 Å². The number of anilines is 1. The van der Waals surface area contributed by atoms with E-state index in [1.165, 1.54) is 0 Å². The van der Waals surface area contributed by atoms with Gasteiger partial charge in [0.2, 0.25) is 0 Å². The normalized spacial score (nSPS) is 17.1. The van der Waals surface area contributed by atoms with E-state index in [9.17, 15) is 9.00 Å². The van der Waals surface area contributed by atoms with E-state index in [4.69, 9.17) is 4.74 Å². The summed E-state index contributed by atoms with van der Waals surface area (Å²) in [6.45, 7) is 11.7. The van der Waals surface area contributed by atoms with Crippen molar-refractivity contribution in [2.45, 2.75) is 49.4 Å². The molecule has 0 radical (unpaired) electrons. The van der Waals surface area contributed by atoms with Crippen LogP contribution in [0.2, 0.25) is 0 Å². The number of fused-ring (bicyclic) bond motifs is 1. The van der Waals surface area contributed by atoms with Crippen molar-refractivity contribution in [3.05, 3.63) is 186 Å². The van der Waals surface area contributed by atoms with E-state index in [-0.39, 0.29) is 18.1 Å². The van der Waals surface area contributed by atoms with E-state index < -0.39 is 38.7 Å². The maximum Gasteiger partial charge on any atom is 0.334 e. The second-order valence-electron chi connectivity index (χ2n) is 13.3. The fourth-order valence-corrected chi connectivity index (χ4v) is 8.01. The van der Waals surface area contributed by atoms with Crippen molar-refractivity contribution in [3.8, 4) is 0 Å². The van der Waals surface area contributed by atoms with E-state index in [0.29, 0.717) is 16.8 Å². The Bertz CT molecular complexity index is 1910. The zero-order chi connectivity index (χ0) is 35.5. The number of nitrogens with zero attached hydrogens (tertiary/aromatic N) is 1. The highest BCUT2D eigenvalue weighted by molar-refractivity contribution is 7.84. The molecule has 0 aromatic heterocycles. The smallest absolute Gasteiger partial charge is 0.334 e. The molecule has 1 amide bonds. The molecule has 5 aromatic carbocycles. The van der Waals surface area contributed by atoms with Gasteiger partial charge in [0.15, 0.2) is 0 Å². The van der Waals surface area contributed by atoms with Gasteiger partial charge in [0, 0.05) is 17.1 Å². The molecular formula is C43H42N2O4S. The van der Waals surface area contributed by atoms with Gasteiger partial charge in [-0.2, -0.15) is 0 Å². The molecule has 7 heteroatoms. The molecule has 5 aromatic rings. The van der Waals surface area contributed by atoms with Crippen LogP contribution in [0.3, 0.4) is 0 Å². The number of benzene rings is 5. The summed E-state index contributed by atoms with van der Waals surface area (Å²) < 4.78 is 22.6. The number of para-hydroxylation sites is 1. The molecule has 0 saturated carbocycles. The summed E-state index contributed by atoms with van der Waals surface area (Å²) in [6, 6.07) is 46.8. The van der Waals surface area contributed by atoms with Crippen LogP contribution in [0.5, 0.6) is 0 Å². The Morgan fingerprint density at radius 3 is 1.66 bits per heavy atom. The van der Waals surface area contributed by atoms with Crippen LogP contribution in [0.15, 0.2) is 158 Å². The molecule has 0 spiro atoms. The summed E-state index contributed by atoms with van der Waals surface area (Å²) in [5.41, 5.74) is 1.53. The lowest BCUT2D eigenvalue weighted by Crippen LogP contribution is -2.61. The van der Waals surface area contributed by atoms with Gasteiger partial charge in [0.1, 0.15) is 11.1 Å². The van der Waals surface area contributed by atoms with Crippen molar-refractivity contribution in [3.63, 3.8) is 0 Å². The minimum Gasteiger partial charge on any atom is -0.463 e. The average Bonchev–Trinajstić information content (AvgIpc) is 3.38. The minimum absolute atomic E-state index is 0.0752. The van der Waals surface area contributed by atoms with Gasteiger partial charge in [0.05, 0.1) is 28.0 Å². The highest BCUT2D eigenvalue weighted by Gasteiger charge is 2.63. The molecule has 1 heterocycles. The highest BCUT2D eigenvalue weighted by Crippen LogP contribution is 2.57. The summed E-state index contributed by atoms with van der Waals surface area (Å²) in [5.74, 6) is -2.02. The summed E-state index contributed by atoms with van der Waals surface area (Å²) >= 11 is 0. The zero-order valence-electron chi connectivity index (χ0n) is 28.8. The second-order valence-corrected chi connectivity index (χ2v) is 15.3. The number of hydrogen-bond acceptors (Lipinski definition) is 4. The average molecular weight is 683 g/mol. The fourth-order valence-electron chi connectivity index (χ4n) is 7.10. The number of esters is 1. The lowest BCUT2D eigenvalue weighted by atomic mass is 9.71. The summed E-state index contributed by atoms with van der Waals surface area (Å²) in [5, 5.41) is 0. The Balaban J connectivity index is 1.77. The molecule has 0 bridgehead atoms. The maximum atomic E-state index is 16.3. The van der Waals surface area contributed by atoms with Crippen LogP contribution in [-0.4, -0.2) is 27.4 Å². The van der Waals surface area contributed by atoms with Crippen molar-refractivity contribution in [1.82, 2.24) is 4.72 Å². The summed E-state index contributed by atoms with van der Waals surface area (Å²) in [4.78, 5) is 31.9. The quantitative estimate of drug-likeness (QED) is 0.0867. The number of carbonyl (C=O) groups is 2. The van der Waals surface area contributed by atoms with Crippen LogP contribution in [0, 0.1) is 0 Å². The van der Waals surface area contributed by atoms with Crippen LogP contribution in [0.25, 0.3) is 0 Å². The summed E-state index contributed by atoms with van der Waals surface area (Å²) in [7, 11) is -1.79. The van der Waals surface area contributed by atoms with E-state index in [2.05, 4.69) is 11.3 Å². The van der Waals surface area contributed by atoms with Crippen molar-refractivity contribution < 1.29 is 18.5 Å². The highest BCUT2D eigenvalue weighted by atomic mass is 32.2. The predicted molar refractivity (Wildman–Crippen MR) is 201 cm³/mol. The third kappa shape index (κ3) is 5.80. The van der Waals surface area contributed by atoms with Gasteiger partial charge in [-0.15, -0.1) is 0 Å². The lowest BCUT2D eigenvalue weighted by molar-refractivity contribution is -0.139. The van der Waals surface area contributed by atoms with Crippen molar-refractivity contribution >= 4 is 28.5 Å². The Labute approximate surface area is 297 Å². The Morgan fingerprint density at radius 1 is 0.760 bits per heavy atom. The second kappa shape index (κ2) is 14.0. The third-order valence-electron chi connectivity index (χ3n) is 9.28. The van der Waals surface area contributed by atoms with Crippen LogP contribution < -0.4 is 9.62 Å². The molecule has 254 valence electrons. The number of amides is 1. The zero-order valence-corrected chi connectivity index (χ0v) is 29.7. The number of carbonyl (C=O) groups excluding carboxylic acids is 2. The van der Waals surface area contributed by atoms with Crippen molar-refractivity contribution in [2.24, 2.45) is 0 Å². The van der Waals surface area contributed by atoms with Crippen LogP contribution >= 0.6 is 0 Å². The largest absolute Gasteiger partial charge is 0.463 e. The SMILES string of the molecule is C=C(C(=O)OCC)[C@H](c1ccccc1)[C@@]1(NS(=O)C(C)(C)C)C(=O)N(C(c2ccccc2)(c2ccccc2)c2ccccc2)c2ccccc21. The minimum atomic E-state index is -1.79. The third-order valence-corrected chi connectivity index (χ3v) is 10.9. The van der Waals surface area contributed by atoms with E-state index >= 15 is 4.79 Å². The molecule has 50 heavy (non-hydrogen) atoms. The van der Waals surface area contributed by atoms with Gasteiger partial charge in [-0.25, -0.2) is 13.7 Å². The van der Waals surface area contributed by atoms with E-state index in [0.717, 1.165) is 16.7 Å². The molecule has 1 aliphatic heterocycles. The first kappa shape index (κ1) is 34.7. The molecule has 6 rings (SSSR count). The molecule has 6 nitrogen and oxygen atoms in total. The topological polar surface area (TPSA) is 75.7 Å². The first-order chi connectivity index (χ1) is 24.1. The first-order valence-electron chi connectivity index (χ1n) is 16.8. The fraction of sp³-hybridized carbons (Fsp3) is 0.209. The Morgan fingerprint density at radius 2 is 1.20 bits per heavy atom. The maximum absolute atomic E-state index is 16.3. The standard InChI is InChI=1S/C43H42N2O4S/c1-6-49-39(46)31(2)38(32-21-11-7-12-22-32)42(44-50(48)41(3,4)5)36-29-19-20-30-37(36)45(40(42)47)43(33-23-13-8-14-24-33,34-25-15-9-16-26-34)35-27-17-10-18-28-35/h7-30,38,44H,2,6H2,1,3-5H3/t38-,42-,50?/m1/s1. The first-order valence-corrected chi connectivity index (χ1v) is 17.9. The molecule has 1 N–H and O–H groups in total. The number of nitrogens with one attached hydrogen (secondary N) is 1. The molecule has 0 fully saturated rings. The van der Waals surface area contributed by atoms with Crippen molar-refractivity contribution in [1.29, 1.82) is 0 Å². The number of ether oxygens (including phenoxy) is 1. The Hall–Kier alpha value is -5.11. The van der Waals surface area contributed by atoms with Crippen LogP contribution in [0.4, 0.5) is 5.69 Å². The van der Waals surface area contributed by atoms with Crippen LogP contribution in [0.1, 0.15) is 61.4 Å². The van der Waals surface area contributed by atoms with Gasteiger partial charge < -0.3 is 4.74 Å². The van der Waals surface area contributed by atoms with Gasteiger partial charge in [0.25, 0.3) is 5.91 Å². The van der Waals surface area contributed by atoms with Gasteiger partial charge in [-0.05, 0) is 56.0 Å². The van der Waals surface area contributed by atoms with E-state index in [1.807, 2.05) is 171 Å². The lowest BCUT2D eigenvalue weighted by Gasteiger charge is -2.46. The molecule has 0 saturated heterocycles. The van der Waals surface area contributed by atoms with Crippen molar-refractivity contribution in [2.75, 3.05) is 11.5 Å². The molecule has 1 unspecified atom stereocenters. The molecule has 3 atom stereocenters. The molecule has 0 aliphatic carbocycles. The molecule has 1 aliphatic rings. The predicted octanol–water partition coefficient (Wildman–Crippen LogP) is 8.18. The van der Waals surface area contributed by atoms with Gasteiger partial charge in [-0.1, -0.05) is 146 Å². The van der Waals surface area contributed by atoms with E-state index in [1.54, 1.807) is 6.92 Å². The summed E-state index contributed by atoms with van der Waals surface area (Å²) in [6.07, 6.45) is 0.